The Hall–Kier alpha value is -0.120. The van der Waals surface area contributed by atoms with Crippen LogP contribution in [0.1, 0.15) is 26.2 Å². The van der Waals surface area contributed by atoms with Gasteiger partial charge in [-0.3, -0.25) is 4.90 Å². The third-order valence-corrected chi connectivity index (χ3v) is 3.51. The van der Waals surface area contributed by atoms with E-state index >= 15 is 0 Å². The maximum atomic E-state index is 3.62. The summed E-state index contributed by atoms with van der Waals surface area (Å²) in [4.78, 5) is 2.62. The first-order chi connectivity index (χ1) is 6.86. The second-order valence-electron chi connectivity index (χ2n) is 4.69. The Balaban J connectivity index is 1.76. The Kier molecular flexibility index (Phi) is 3.79. The molecule has 2 aliphatic heterocycles. The molecule has 0 saturated carbocycles. The topological polar surface area (TPSA) is 27.3 Å². The maximum Gasteiger partial charge on any atom is 0.0195 e. The molecule has 2 N–H and O–H groups in total. The molecule has 2 saturated heterocycles. The van der Waals surface area contributed by atoms with Gasteiger partial charge in [-0.05, 0) is 26.3 Å². The fourth-order valence-corrected chi connectivity index (χ4v) is 2.52. The van der Waals surface area contributed by atoms with Crippen LogP contribution < -0.4 is 10.6 Å². The quantitative estimate of drug-likeness (QED) is 0.672. The highest BCUT2D eigenvalue weighted by Crippen LogP contribution is 2.11. The van der Waals surface area contributed by atoms with Crippen molar-refractivity contribution >= 4 is 0 Å². The van der Waals surface area contributed by atoms with Gasteiger partial charge in [0.15, 0.2) is 0 Å². The lowest BCUT2D eigenvalue weighted by molar-refractivity contribution is 0.148. The van der Waals surface area contributed by atoms with Crippen molar-refractivity contribution in [2.45, 2.75) is 38.3 Å². The lowest BCUT2D eigenvalue weighted by Crippen LogP contribution is -2.54. The van der Waals surface area contributed by atoms with E-state index < -0.39 is 0 Å². The van der Waals surface area contributed by atoms with Gasteiger partial charge in [-0.1, -0.05) is 6.42 Å². The zero-order valence-corrected chi connectivity index (χ0v) is 9.26. The summed E-state index contributed by atoms with van der Waals surface area (Å²) in [7, 11) is 0. The van der Waals surface area contributed by atoms with E-state index in [1.165, 1.54) is 38.9 Å². The molecule has 3 nitrogen and oxygen atoms in total. The summed E-state index contributed by atoms with van der Waals surface area (Å²) in [5, 5.41) is 7.06. The summed E-state index contributed by atoms with van der Waals surface area (Å²) in [6.45, 7) is 8.35. The van der Waals surface area contributed by atoms with Crippen LogP contribution in [0.5, 0.6) is 0 Å². The Labute approximate surface area is 87.2 Å². The Morgan fingerprint density at radius 3 is 2.93 bits per heavy atom. The minimum atomic E-state index is 0.715. The second kappa shape index (κ2) is 5.10. The van der Waals surface area contributed by atoms with Gasteiger partial charge in [-0.15, -0.1) is 0 Å². The summed E-state index contributed by atoms with van der Waals surface area (Å²) < 4.78 is 0. The molecule has 0 aliphatic carbocycles. The predicted molar refractivity (Wildman–Crippen MR) is 59.5 cm³/mol. The molecule has 3 heteroatoms. The second-order valence-corrected chi connectivity index (χ2v) is 4.69. The normalized spacial score (nSPS) is 35.8. The summed E-state index contributed by atoms with van der Waals surface area (Å²) in [6, 6.07) is 1.47. The zero-order chi connectivity index (χ0) is 9.80. The fourth-order valence-electron chi connectivity index (χ4n) is 2.52. The zero-order valence-electron chi connectivity index (χ0n) is 9.26. The van der Waals surface area contributed by atoms with Crippen molar-refractivity contribution in [2.24, 2.45) is 0 Å². The Bertz CT molecular complexity index is 166. The van der Waals surface area contributed by atoms with Crippen molar-refractivity contribution in [1.29, 1.82) is 0 Å². The summed E-state index contributed by atoms with van der Waals surface area (Å²) >= 11 is 0. The number of hydrogen-bond acceptors (Lipinski definition) is 3. The molecule has 0 radical (unpaired) electrons. The van der Waals surface area contributed by atoms with Crippen molar-refractivity contribution in [3.63, 3.8) is 0 Å². The van der Waals surface area contributed by atoms with E-state index in [1.54, 1.807) is 0 Å². The number of piperazine rings is 1. The van der Waals surface area contributed by atoms with Crippen LogP contribution in [0.15, 0.2) is 0 Å². The Morgan fingerprint density at radius 1 is 1.29 bits per heavy atom. The standard InChI is InChI=1S/C11H23N3/c1-10-8-12-6-7-14(10)9-11-4-2-3-5-13-11/h10-13H,2-9H2,1H3. The molecule has 14 heavy (non-hydrogen) atoms. The van der Waals surface area contributed by atoms with Crippen molar-refractivity contribution < 1.29 is 0 Å². The predicted octanol–water partition coefficient (Wildman–Crippen LogP) is 0.422. The van der Waals surface area contributed by atoms with Crippen LogP contribution in [0.4, 0.5) is 0 Å². The van der Waals surface area contributed by atoms with Gasteiger partial charge in [0, 0.05) is 38.3 Å². The molecule has 0 bridgehead atoms. The number of piperidine rings is 1. The average molecular weight is 197 g/mol. The first-order valence-electron chi connectivity index (χ1n) is 6.04. The number of hydrogen-bond donors (Lipinski definition) is 2. The van der Waals surface area contributed by atoms with E-state index in [2.05, 4.69) is 22.5 Å². The molecule has 2 atom stereocenters. The highest BCUT2D eigenvalue weighted by molar-refractivity contribution is 4.82. The summed E-state index contributed by atoms with van der Waals surface area (Å²) in [5.41, 5.74) is 0. The van der Waals surface area contributed by atoms with Gasteiger partial charge in [-0.25, -0.2) is 0 Å². The van der Waals surface area contributed by atoms with Crippen LogP contribution in [0, 0.1) is 0 Å². The average Bonchev–Trinajstić information content (AvgIpc) is 2.23. The van der Waals surface area contributed by atoms with Crippen molar-refractivity contribution in [2.75, 3.05) is 32.7 Å². The molecule has 2 fully saturated rings. The minimum absolute atomic E-state index is 0.715. The molecule has 2 rings (SSSR count). The van der Waals surface area contributed by atoms with Crippen LogP contribution >= 0.6 is 0 Å². The third-order valence-electron chi connectivity index (χ3n) is 3.51. The van der Waals surface area contributed by atoms with Gasteiger partial charge in [0.2, 0.25) is 0 Å². The molecule has 0 spiro atoms. The first kappa shape index (κ1) is 10.4. The van der Waals surface area contributed by atoms with Crippen LogP contribution in [-0.4, -0.2) is 49.7 Å². The van der Waals surface area contributed by atoms with Crippen molar-refractivity contribution in [3.8, 4) is 0 Å². The van der Waals surface area contributed by atoms with Crippen molar-refractivity contribution in [3.05, 3.63) is 0 Å². The van der Waals surface area contributed by atoms with Gasteiger partial charge < -0.3 is 10.6 Å². The van der Waals surface area contributed by atoms with E-state index in [4.69, 9.17) is 0 Å². The van der Waals surface area contributed by atoms with Gasteiger partial charge >= 0.3 is 0 Å². The van der Waals surface area contributed by atoms with Crippen LogP contribution in [0.3, 0.4) is 0 Å². The van der Waals surface area contributed by atoms with Gasteiger partial charge in [0.05, 0.1) is 0 Å². The maximum absolute atomic E-state index is 3.62. The van der Waals surface area contributed by atoms with E-state index in [0.29, 0.717) is 6.04 Å². The fraction of sp³-hybridized carbons (Fsp3) is 1.00. The summed E-state index contributed by atoms with van der Waals surface area (Å²) in [5.74, 6) is 0. The SMILES string of the molecule is CC1CNCCN1CC1CCCCN1. The summed E-state index contributed by atoms with van der Waals surface area (Å²) in [6.07, 6.45) is 4.16. The molecule has 0 amide bonds. The monoisotopic (exact) mass is 197 g/mol. The molecular formula is C11H23N3. The van der Waals surface area contributed by atoms with E-state index in [-0.39, 0.29) is 0 Å². The van der Waals surface area contributed by atoms with E-state index in [0.717, 1.165) is 19.1 Å². The van der Waals surface area contributed by atoms with Gasteiger partial charge in [0.25, 0.3) is 0 Å². The molecule has 0 aromatic carbocycles. The van der Waals surface area contributed by atoms with Crippen LogP contribution in [0.25, 0.3) is 0 Å². The van der Waals surface area contributed by atoms with Crippen LogP contribution in [-0.2, 0) is 0 Å². The number of nitrogens with one attached hydrogen (secondary N) is 2. The van der Waals surface area contributed by atoms with Gasteiger partial charge in [-0.2, -0.15) is 0 Å². The molecule has 0 aromatic rings. The molecule has 2 heterocycles. The molecular weight excluding hydrogens is 174 g/mol. The number of rotatable bonds is 2. The lowest BCUT2D eigenvalue weighted by Gasteiger charge is -2.37. The highest BCUT2D eigenvalue weighted by atomic mass is 15.2. The largest absolute Gasteiger partial charge is 0.314 e. The third kappa shape index (κ3) is 2.69. The lowest BCUT2D eigenvalue weighted by atomic mass is 10.0. The number of nitrogens with zero attached hydrogens (tertiary/aromatic N) is 1. The van der Waals surface area contributed by atoms with E-state index in [9.17, 15) is 0 Å². The molecule has 2 unspecified atom stereocenters. The van der Waals surface area contributed by atoms with Crippen LogP contribution in [0.2, 0.25) is 0 Å². The smallest absolute Gasteiger partial charge is 0.0195 e. The minimum Gasteiger partial charge on any atom is -0.314 e. The van der Waals surface area contributed by atoms with E-state index in [1.807, 2.05) is 0 Å². The first-order valence-corrected chi connectivity index (χ1v) is 6.04. The molecule has 82 valence electrons. The highest BCUT2D eigenvalue weighted by Gasteiger charge is 2.22. The molecule has 0 aromatic heterocycles. The molecule has 2 aliphatic rings. The Morgan fingerprint density at radius 2 is 2.21 bits per heavy atom. The van der Waals surface area contributed by atoms with Crippen molar-refractivity contribution in [1.82, 2.24) is 15.5 Å². The van der Waals surface area contributed by atoms with Gasteiger partial charge in [0.1, 0.15) is 0 Å².